The van der Waals surface area contributed by atoms with Crippen LogP contribution in [0.1, 0.15) is 0 Å². The first-order chi connectivity index (χ1) is 15.1. The molecule has 0 aliphatic rings. The number of anilines is 2. The summed E-state index contributed by atoms with van der Waals surface area (Å²) in [5.41, 5.74) is 2.04. The van der Waals surface area contributed by atoms with E-state index < -0.39 is 15.9 Å². The number of sulfonamides is 1. The van der Waals surface area contributed by atoms with Crippen LogP contribution in [0.4, 0.5) is 10.8 Å². The zero-order valence-electron chi connectivity index (χ0n) is 17.4. The van der Waals surface area contributed by atoms with Gasteiger partial charge in [0.1, 0.15) is 18.3 Å². The number of hydrogen-bond donors (Lipinski definition) is 1. The zero-order chi connectivity index (χ0) is 23.0. The van der Waals surface area contributed by atoms with E-state index >= 15 is 0 Å². The van der Waals surface area contributed by atoms with Gasteiger partial charge in [0.25, 0.3) is 5.56 Å². The Bertz CT molecular complexity index is 1470. The Kier molecular flexibility index (Phi) is 5.52. The van der Waals surface area contributed by atoms with Crippen LogP contribution < -0.4 is 15.2 Å². The van der Waals surface area contributed by atoms with Crippen molar-refractivity contribution in [3.63, 3.8) is 0 Å². The van der Waals surface area contributed by atoms with Crippen LogP contribution >= 0.6 is 11.3 Å². The van der Waals surface area contributed by atoms with Gasteiger partial charge in [-0.1, -0.05) is 12.1 Å². The van der Waals surface area contributed by atoms with Gasteiger partial charge < -0.3 is 5.32 Å². The molecule has 0 aliphatic carbocycles. The second-order valence-corrected chi connectivity index (χ2v) is 9.92. The Morgan fingerprint density at radius 3 is 2.66 bits per heavy atom. The minimum atomic E-state index is -3.34. The molecule has 1 N–H and O–H groups in total. The van der Waals surface area contributed by atoms with Crippen molar-refractivity contribution in [2.45, 2.75) is 6.54 Å². The number of hydrogen-bond acceptors (Lipinski definition) is 8. The van der Waals surface area contributed by atoms with Crippen LogP contribution in [0, 0.1) is 0 Å². The number of carbonyl (C=O) groups excluding carboxylic acids is 1. The molecular weight excluding hydrogens is 454 g/mol. The third-order valence-electron chi connectivity index (χ3n) is 4.81. The van der Waals surface area contributed by atoms with E-state index in [0.717, 1.165) is 11.8 Å². The standard InChI is InChI=1S/C19H19N7O4S2/c1-24-17-14(8-21-24)18(28)26(11-20-17)9-16(27)23-19-22-15(10-31-19)12-4-6-13(7-5-12)25(2)32(3,29)30/h4-8,10-11H,9H2,1-3H3,(H,22,23,27). The summed E-state index contributed by atoms with van der Waals surface area (Å²) < 4.78 is 27.2. The predicted molar refractivity (Wildman–Crippen MR) is 122 cm³/mol. The van der Waals surface area contributed by atoms with Gasteiger partial charge in [-0.15, -0.1) is 11.3 Å². The summed E-state index contributed by atoms with van der Waals surface area (Å²) in [6, 6.07) is 6.88. The van der Waals surface area contributed by atoms with Crippen LogP contribution in [0.25, 0.3) is 22.3 Å². The lowest BCUT2D eigenvalue weighted by Crippen LogP contribution is -2.27. The molecule has 1 amide bonds. The van der Waals surface area contributed by atoms with E-state index in [-0.39, 0.29) is 12.1 Å². The monoisotopic (exact) mass is 473 g/mol. The molecule has 0 saturated heterocycles. The Hall–Kier alpha value is -3.58. The van der Waals surface area contributed by atoms with E-state index in [1.165, 1.54) is 44.5 Å². The number of nitrogens with zero attached hydrogens (tertiary/aromatic N) is 6. The number of benzene rings is 1. The fourth-order valence-corrected chi connectivity index (χ4v) is 4.23. The highest BCUT2D eigenvalue weighted by Crippen LogP contribution is 2.27. The SMILES string of the molecule is CN(c1ccc(-c2csc(NC(=O)Cn3cnc4c(cnn4C)c3=O)n2)cc1)S(C)(=O)=O. The molecule has 0 saturated carbocycles. The molecule has 0 unspecified atom stereocenters. The third kappa shape index (κ3) is 4.24. The van der Waals surface area contributed by atoms with Crippen molar-refractivity contribution in [2.24, 2.45) is 7.05 Å². The first-order valence-electron chi connectivity index (χ1n) is 9.30. The van der Waals surface area contributed by atoms with Gasteiger partial charge in [-0.3, -0.25) is 23.1 Å². The molecular formula is C19H19N7O4S2. The topological polar surface area (TPSA) is 132 Å². The number of aromatic nitrogens is 5. The Labute approximate surface area is 187 Å². The molecule has 3 heterocycles. The van der Waals surface area contributed by atoms with E-state index in [1.54, 1.807) is 36.7 Å². The van der Waals surface area contributed by atoms with Gasteiger partial charge in [-0.2, -0.15) is 5.10 Å². The van der Waals surface area contributed by atoms with Crippen LogP contribution in [0.3, 0.4) is 0 Å². The van der Waals surface area contributed by atoms with Crippen LogP contribution in [0.5, 0.6) is 0 Å². The van der Waals surface area contributed by atoms with Crippen molar-refractivity contribution in [1.29, 1.82) is 0 Å². The fraction of sp³-hybridized carbons (Fsp3) is 0.211. The molecule has 13 heteroatoms. The number of rotatable bonds is 6. The fourth-order valence-electron chi connectivity index (χ4n) is 2.99. The van der Waals surface area contributed by atoms with E-state index in [0.29, 0.717) is 27.5 Å². The molecule has 0 atom stereocenters. The normalized spacial score (nSPS) is 11.6. The summed E-state index contributed by atoms with van der Waals surface area (Å²) in [5.74, 6) is -0.414. The Morgan fingerprint density at radius 1 is 1.25 bits per heavy atom. The maximum Gasteiger partial charge on any atom is 0.264 e. The van der Waals surface area contributed by atoms with Gasteiger partial charge in [-0.25, -0.2) is 18.4 Å². The third-order valence-corrected chi connectivity index (χ3v) is 6.77. The number of amides is 1. The largest absolute Gasteiger partial charge is 0.300 e. The number of aryl methyl sites for hydroxylation is 1. The minimum absolute atomic E-state index is 0.210. The molecule has 4 rings (SSSR count). The van der Waals surface area contributed by atoms with Crippen LogP contribution in [0.15, 0.2) is 47.0 Å². The summed E-state index contributed by atoms with van der Waals surface area (Å²) in [6.45, 7) is -0.210. The van der Waals surface area contributed by atoms with E-state index in [1.807, 2.05) is 0 Å². The molecule has 166 valence electrons. The number of nitrogens with one attached hydrogen (secondary N) is 1. The average Bonchev–Trinajstić information content (AvgIpc) is 3.36. The summed E-state index contributed by atoms with van der Waals surface area (Å²) in [5, 5.41) is 9.18. The summed E-state index contributed by atoms with van der Waals surface area (Å²) in [6.07, 6.45) is 3.87. The molecule has 0 fully saturated rings. The molecule has 0 spiro atoms. The second-order valence-electron chi connectivity index (χ2n) is 7.05. The van der Waals surface area contributed by atoms with Crippen molar-refractivity contribution in [1.82, 2.24) is 24.3 Å². The highest BCUT2D eigenvalue weighted by atomic mass is 32.2. The van der Waals surface area contributed by atoms with Crippen LogP contribution in [-0.2, 0) is 28.4 Å². The lowest BCUT2D eigenvalue weighted by molar-refractivity contribution is -0.116. The summed E-state index contributed by atoms with van der Waals surface area (Å²) in [7, 11) is -0.180. The molecule has 11 nitrogen and oxygen atoms in total. The highest BCUT2D eigenvalue weighted by Gasteiger charge is 2.14. The van der Waals surface area contributed by atoms with Crippen molar-refractivity contribution >= 4 is 49.1 Å². The zero-order valence-corrected chi connectivity index (χ0v) is 19.0. The highest BCUT2D eigenvalue weighted by molar-refractivity contribution is 7.92. The van der Waals surface area contributed by atoms with E-state index in [2.05, 4.69) is 20.4 Å². The van der Waals surface area contributed by atoms with Crippen LogP contribution in [-0.4, -0.2) is 51.9 Å². The first-order valence-corrected chi connectivity index (χ1v) is 12.0. The Balaban J connectivity index is 1.46. The van der Waals surface area contributed by atoms with Crippen molar-refractivity contribution < 1.29 is 13.2 Å². The number of fused-ring (bicyclic) bond motifs is 1. The van der Waals surface area contributed by atoms with Gasteiger partial charge in [0, 0.05) is 25.0 Å². The van der Waals surface area contributed by atoms with Gasteiger partial charge >= 0.3 is 0 Å². The second kappa shape index (κ2) is 8.16. The summed E-state index contributed by atoms with van der Waals surface area (Å²) >= 11 is 1.24. The van der Waals surface area contributed by atoms with Gasteiger partial charge in [-0.05, 0) is 12.1 Å². The number of thiazole rings is 1. The smallest absolute Gasteiger partial charge is 0.264 e. The molecule has 1 aromatic carbocycles. The van der Waals surface area contributed by atoms with E-state index in [9.17, 15) is 18.0 Å². The summed E-state index contributed by atoms with van der Waals surface area (Å²) in [4.78, 5) is 33.5. The predicted octanol–water partition coefficient (Wildman–Crippen LogP) is 1.29. The molecule has 0 aliphatic heterocycles. The van der Waals surface area contributed by atoms with Gasteiger partial charge in [0.05, 0.1) is 23.8 Å². The number of carbonyl (C=O) groups is 1. The van der Waals surface area contributed by atoms with Gasteiger partial charge in [0.15, 0.2) is 10.8 Å². The molecule has 0 bridgehead atoms. The lowest BCUT2D eigenvalue weighted by Gasteiger charge is -2.16. The maximum absolute atomic E-state index is 12.5. The molecule has 3 aromatic heterocycles. The molecule has 0 radical (unpaired) electrons. The van der Waals surface area contributed by atoms with E-state index in [4.69, 9.17) is 0 Å². The quantitative estimate of drug-likeness (QED) is 0.446. The van der Waals surface area contributed by atoms with Crippen molar-refractivity contribution in [2.75, 3.05) is 22.9 Å². The minimum Gasteiger partial charge on any atom is -0.300 e. The molecule has 4 aromatic rings. The van der Waals surface area contributed by atoms with Crippen LogP contribution in [0.2, 0.25) is 0 Å². The molecule has 32 heavy (non-hydrogen) atoms. The van der Waals surface area contributed by atoms with Crippen molar-refractivity contribution in [3.8, 4) is 11.3 Å². The first kappa shape index (κ1) is 21.6. The van der Waals surface area contributed by atoms with Gasteiger partial charge in [0.2, 0.25) is 15.9 Å². The Morgan fingerprint density at radius 2 is 1.97 bits per heavy atom. The van der Waals surface area contributed by atoms with Crippen molar-refractivity contribution in [3.05, 3.63) is 52.5 Å². The lowest BCUT2D eigenvalue weighted by atomic mass is 10.1. The average molecular weight is 474 g/mol. The maximum atomic E-state index is 12.5.